The lowest BCUT2D eigenvalue weighted by Crippen LogP contribution is -2.19. The lowest BCUT2D eigenvalue weighted by molar-refractivity contribution is 0.632. The van der Waals surface area contributed by atoms with E-state index in [2.05, 4.69) is 25.5 Å². The first kappa shape index (κ1) is 15.0. The molecule has 1 aromatic heterocycles. The third kappa shape index (κ3) is 3.20. The van der Waals surface area contributed by atoms with Gasteiger partial charge in [0.05, 0.1) is 16.4 Å². The predicted molar refractivity (Wildman–Crippen MR) is 85.2 cm³/mol. The van der Waals surface area contributed by atoms with E-state index in [1.54, 1.807) is 6.26 Å². The summed E-state index contributed by atoms with van der Waals surface area (Å²) in [5.41, 5.74) is 1.94. The third-order valence-corrected chi connectivity index (χ3v) is 5.07. The molecule has 1 aromatic carbocycles. The molecule has 0 bridgehead atoms. The maximum Gasteiger partial charge on any atom is 0.127 e. The van der Waals surface area contributed by atoms with Crippen molar-refractivity contribution in [3.8, 4) is 0 Å². The molecule has 0 saturated carbocycles. The smallest absolute Gasteiger partial charge is 0.127 e. The first-order chi connectivity index (χ1) is 8.90. The van der Waals surface area contributed by atoms with Crippen molar-refractivity contribution in [2.75, 3.05) is 6.26 Å². The van der Waals surface area contributed by atoms with Gasteiger partial charge in [0.15, 0.2) is 0 Å². The van der Waals surface area contributed by atoms with Crippen LogP contribution in [0.25, 0.3) is 11.0 Å². The Bertz CT molecular complexity index is 626. The second kappa shape index (κ2) is 5.94. The van der Waals surface area contributed by atoms with Gasteiger partial charge < -0.3 is 4.57 Å². The van der Waals surface area contributed by atoms with Crippen LogP contribution in [0.5, 0.6) is 0 Å². The molecule has 19 heavy (non-hydrogen) atoms. The van der Waals surface area contributed by atoms with Crippen LogP contribution in [0.2, 0.25) is 0 Å². The fraction of sp³-hybridized carbons (Fsp3) is 0.462. The van der Waals surface area contributed by atoms with Crippen LogP contribution < -0.4 is 0 Å². The number of benzene rings is 1. The Morgan fingerprint density at radius 3 is 2.74 bits per heavy atom. The van der Waals surface area contributed by atoms with Gasteiger partial charge in [-0.1, -0.05) is 15.9 Å². The van der Waals surface area contributed by atoms with Crippen molar-refractivity contribution in [2.24, 2.45) is 0 Å². The number of alkyl halides is 1. The van der Waals surface area contributed by atoms with Gasteiger partial charge in [-0.2, -0.15) is 0 Å². The number of halogens is 2. The van der Waals surface area contributed by atoms with Crippen LogP contribution >= 0.6 is 27.5 Å². The largest absolute Gasteiger partial charge is 0.326 e. The normalized spacial score (nSPS) is 16.5. The minimum Gasteiger partial charge on any atom is -0.326 e. The Balaban J connectivity index is 2.57. The zero-order valence-electron chi connectivity index (χ0n) is 11.1. The van der Waals surface area contributed by atoms with Gasteiger partial charge in [0.1, 0.15) is 5.82 Å². The molecule has 1 heterocycles. The van der Waals surface area contributed by atoms with Gasteiger partial charge in [0, 0.05) is 33.3 Å². The summed E-state index contributed by atoms with van der Waals surface area (Å²) in [6, 6.07) is 5.95. The molecule has 3 atom stereocenters. The number of imidazole rings is 1. The van der Waals surface area contributed by atoms with Crippen LogP contribution in [-0.2, 0) is 17.3 Å². The van der Waals surface area contributed by atoms with Gasteiger partial charge >= 0.3 is 0 Å². The highest BCUT2D eigenvalue weighted by molar-refractivity contribution is 9.10. The van der Waals surface area contributed by atoms with Crippen LogP contribution in [0.4, 0.5) is 0 Å². The molecule has 104 valence electrons. The minimum atomic E-state index is -0.868. The molecule has 0 aliphatic rings. The summed E-state index contributed by atoms with van der Waals surface area (Å²) in [5, 5.41) is -0.116. The van der Waals surface area contributed by atoms with Gasteiger partial charge in [-0.25, -0.2) is 4.98 Å². The lowest BCUT2D eigenvalue weighted by atomic mass is 10.3. The molecule has 0 saturated heterocycles. The van der Waals surface area contributed by atoms with Crippen LogP contribution in [0.1, 0.15) is 25.0 Å². The van der Waals surface area contributed by atoms with Crippen LogP contribution in [0.3, 0.4) is 0 Å². The van der Waals surface area contributed by atoms with Gasteiger partial charge in [-0.05, 0) is 32.0 Å². The van der Waals surface area contributed by atoms with Crippen LogP contribution in [-0.4, -0.2) is 25.3 Å². The number of hydrogen-bond acceptors (Lipinski definition) is 2. The Labute approximate surface area is 128 Å². The molecule has 0 fully saturated rings. The number of rotatable bonds is 4. The van der Waals surface area contributed by atoms with E-state index in [0.29, 0.717) is 6.54 Å². The van der Waals surface area contributed by atoms with Crippen molar-refractivity contribution in [3.05, 3.63) is 28.5 Å². The molecule has 6 heteroatoms. The summed E-state index contributed by atoms with van der Waals surface area (Å²) in [5.74, 6) is 0.826. The zero-order valence-corrected chi connectivity index (χ0v) is 14.2. The average Bonchev–Trinajstić information content (AvgIpc) is 2.67. The highest BCUT2D eigenvalue weighted by Crippen LogP contribution is 2.27. The number of hydrogen-bond donors (Lipinski definition) is 0. The molecule has 0 aliphatic carbocycles. The SMILES string of the molecule is CC(Cl)c1nc2ccc(Br)cc2n1CC(C)S(C)=O. The summed E-state index contributed by atoms with van der Waals surface area (Å²) in [7, 11) is -0.868. The summed E-state index contributed by atoms with van der Waals surface area (Å²) < 4.78 is 14.7. The molecular weight excluding hydrogens is 348 g/mol. The standard InChI is InChI=1S/C13H16BrClN2OS/c1-8(19(3)18)7-17-12-6-10(14)4-5-11(12)16-13(17)9(2)15/h4-6,8-9H,7H2,1-3H3. The van der Waals surface area contributed by atoms with E-state index in [0.717, 1.165) is 21.3 Å². The predicted octanol–water partition coefficient (Wildman–Crippen LogP) is 3.87. The fourth-order valence-electron chi connectivity index (χ4n) is 1.97. The second-order valence-electron chi connectivity index (χ2n) is 4.64. The molecule has 2 rings (SSSR count). The molecule has 3 nitrogen and oxygen atoms in total. The minimum absolute atomic E-state index is 0.0607. The van der Waals surface area contributed by atoms with E-state index in [-0.39, 0.29) is 10.6 Å². The van der Waals surface area contributed by atoms with Crippen molar-refractivity contribution in [2.45, 2.75) is 31.0 Å². The van der Waals surface area contributed by atoms with Crippen LogP contribution in [0, 0.1) is 0 Å². The topological polar surface area (TPSA) is 34.9 Å². The molecule has 0 amide bonds. The fourth-order valence-corrected chi connectivity index (χ4v) is 2.85. The Kier molecular flexibility index (Phi) is 4.69. The van der Waals surface area contributed by atoms with Crippen molar-refractivity contribution >= 4 is 49.4 Å². The highest BCUT2D eigenvalue weighted by Gasteiger charge is 2.18. The van der Waals surface area contributed by atoms with Gasteiger partial charge in [0.2, 0.25) is 0 Å². The third-order valence-electron chi connectivity index (χ3n) is 3.10. The van der Waals surface area contributed by atoms with Crippen LogP contribution in [0.15, 0.2) is 22.7 Å². The second-order valence-corrected chi connectivity index (χ2v) is 8.01. The maximum absolute atomic E-state index is 11.6. The number of fused-ring (bicyclic) bond motifs is 1. The van der Waals surface area contributed by atoms with Gasteiger partial charge in [0.25, 0.3) is 0 Å². The molecule has 0 aliphatic heterocycles. The van der Waals surface area contributed by atoms with Crippen molar-refractivity contribution in [1.82, 2.24) is 9.55 Å². The monoisotopic (exact) mass is 362 g/mol. The quantitative estimate of drug-likeness (QED) is 0.773. The summed E-state index contributed by atoms with van der Waals surface area (Å²) in [6.45, 7) is 4.53. The summed E-state index contributed by atoms with van der Waals surface area (Å²) in [4.78, 5) is 4.58. The Hall–Kier alpha value is -0.390. The first-order valence-corrected chi connectivity index (χ1v) is 8.87. The molecule has 0 spiro atoms. The zero-order chi connectivity index (χ0) is 14.2. The number of nitrogens with zero attached hydrogens (tertiary/aromatic N) is 2. The Morgan fingerprint density at radius 1 is 1.47 bits per heavy atom. The average molecular weight is 364 g/mol. The van der Waals surface area contributed by atoms with Crippen molar-refractivity contribution < 1.29 is 4.21 Å². The van der Waals surface area contributed by atoms with E-state index in [1.165, 1.54) is 0 Å². The van der Waals surface area contributed by atoms with Crippen molar-refractivity contribution in [3.63, 3.8) is 0 Å². The van der Waals surface area contributed by atoms with Crippen molar-refractivity contribution in [1.29, 1.82) is 0 Å². The lowest BCUT2D eigenvalue weighted by Gasteiger charge is -2.14. The van der Waals surface area contributed by atoms with E-state index in [4.69, 9.17) is 11.6 Å². The van der Waals surface area contributed by atoms with E-state index >= 15 is 0 Å². The molecule has 2 aromatic rings. The molecule has 3 unspecified atom stereocenters. The van der Waals surface area contributed by atoms with Gasteiger partial charge in [-0.3, -0.25) is 4.21 Å². The molecular formula is C13H16BrClN2OS. The highest BCUT2D eigenvalue weighted by atomic mass is 79.9. The molecule has 0 radical (unpaired) electrons. The van der Waals surface area contributed by atoms with E-state index in [1.807, 2.05) is 32.0 Å². The summed E-state index contributed by atoms with van der Waals surface area (Å²) in [6.07, 6.45) is 1.73. The summed E-state index contributed by atoms with van der Waals surface area (Å²) >= 11 is 9.69. The number of aromatic nitrogens is 2. The Morgan fingerprint density at radius 2 is 2.16 bits per heavy atom. The van der Waals surface area contributed by atoms with Gasteiger partial charge in [-0.15, -0.1) is 11.6 Å². The van der Waals surface area contributed by atoms with E-state index in [9.17, 15) is 4.21 Å². The first-order valence-electron chi connectivity index (χ1n) is 6.02. The molecule has 0 N–H and O–H groups in total. The van der Waals surface area contributed by atoms with E-state index < -0.39 is 10.8 Å². The maximum atomic E-state index is 11.6.